The highest BCUT2D eigenvalue weighted by molar-refractivity contribution is 5.96. The van der Waals surface area contributed by atoms with Crippen LogP contribution in [-0.2, 0) is 4.79 Å². The summed E-state index contributed by atoms with van der Waals surface area (Å²) in [5.74, 6) is -1.35. The van der Waals surface area contributed by atoms with E-state index in [-0.39, 0.29) is 17.0 Å². The number of rotatable bonds is 4. The first-order valence-electron chi connectivity index (χ1n) is 7.38. The van der Waals surface area contributed by atoms with E-state index < -0.39 is 23.5 Å². The molecule has 0 radical (unpaired) electrons. The van der Waals surface area contributed by atoms with Crippen molar-refractivity contribution in [3.05, 3.63) is 58.7 Å². The Balaban J connectivity index is 2.14. The van der Waals surface area contributed by atoms with Crippen LogP contribution >= 0.6 is 0 Å². The topological polar surface area (TPSA) is 103 Å². The minimum Gasteiger partial charge on any atom is -0.479 e. The van der Waals surface area contributed by atoms with Crippen LogP contribution in [0.5, 0.6) is 5.75 Å². The van der Waals surface area contributed by atoms with Gasteiger partial charge in [-0.05, 0) is 37.3 Å². The molecule has 0 aliphatic carbocycles. The number of halogens is 1. The second-order valence-corrected chi connectivity index (χ2v) is 5.47. The molecule has 2 aromatic carbocycles. The number of carboxylic acid groups (broad SMARTS) is 1. The number of carboxylic acids is 1. The summed E-state index contributed by atoms with van der Waals surface area (Å²) in [5, 5.41) is 9.47. The van der Waals surface area contributed by atoms with E-state index in [0.29, 0.717) is 16.5 Å². The van der Waals surface area contributed by atoms with Gasteiger partial charge in [-0.1, -0.05) is 0 Å². The lowest BCUT2D eigenvalue weighted by molar-refractivity contribution is -0.144. The fourth-order valence-corrected chi connectivity index (χ4v) is 2.47. The second kappa shape index (κ2) is 6.27. The number of ether oxygens (including phenoxy) is 1. The molecule has 3 N–H and O–H groups in total. The van der Waals surface area contributed by atoms with E-state index in [1.165, 1.54) is 37.3 Å². The zero-order valence-corrected chi connectivity index (χ0v) is 13.2. The van der Waals surface area contributed by atoms with Gasteiger partial charge in [-0.15, -0.1) is 0 Å². The van der Waals surface area contributed by atoms with Crippen LogP contribution in [0, 0.1) is 5.82 Å². The lowest BCUT2D eigenvalue weighted by Gasteiger charge is -2.12. The summed E-state index contributed by atoms with van der Waals surface area (Å²) in [6.07, 6.45) is -1.06. The Hall–Kier alpha value is -3.35. The molecule has 0 aliphatic heterocycles. The molecule has 128 valence electrons. The molecule has 0 unspecified atom stereocenters. The minimum absolute atomic E-state index is 0.187. The van der Waals surface area contributed by atoms with Crippen LogP contribution in [0.15, 0.2) is 51.7 Å². The summed E-state index contributed by atoms with van der Waals surface area (Å²) in [6, 6.07) is 9.78. The van der Waals surface area contributed by atoms with Gasteiger partial charge in [0, 0.05) is 34.3 Å². The Kier molecular flexibility index (Phi) is 4.14. The van der Waals surface area contributed by atoms with Crippen LogP contribution in [0.2, 0.25) is 0 Å². The zero-order valence-electron chi connectivity index (χ0n) is 13.2. The van der Waals surface area contributed by atoms with E-state index in [1.807, 2.05) is 0 Å². The summed E-state index contributed by atoms with van der Waals surface area (Å²) in [5.41, 5.74) is 6.62. The van der Waals surface area contributed by atoms with Crippen LogP contribution in [-0.4, -0.2) is 17.2 Å². The van der Waals surface area contributed by atoms with Gasteiger partial charge < -0.3 is 20.0 Å². The number of aliphatic carboxylic acids is 1. The largest absolute Gasteiger partial charge is 0.479 e. The number of fused-ring (bicyclic) bond motifs is 1. The van der Waals surface area contributed by atoms with E-state index in [4.69, 9.17) is 20.0 Å². The summed E-state index contributed by atoms with van der Waals surface area (Å²) in [7, 11) is 0. The molecule has 1 atom stereocenters. The first-order valence-corrected chi connectivity index (χ1v) is 7.38. The van der Waals surface area contributed by atoms with Gasteiger partial charge in [0.2, 0.25) is 0 Å². The Morgan fingerprint density at radius 1 is 1.20 bits per heavy atom. The van der Waals surface area contributed by atoms with E-state index in [1.54, 1.807) is 12.1 Å². The molecule has 7 heteroatoms. The average Bonchev–Trinajstić information content (AvgIpc) is 2.53. The van der Waals surface area contributed by atoms with E-state index in [0.717, 1.165) is 0 Å². The predicted octanol–water partition coefficient (Wildman–Crippen LogP) is 3.03. The normalized spacial score (nSPS) is 12.1. The first-order chi connectivity index (χ1) is 11.8. The molecule has 0 amide bonds. The molecule has 0 bridgehead atoms. The molecule has 6 nitrogen and oxygen atoms in total. The quantitative estimate of drug-likeness (QED) is 0.557. The van der Waals surface area contributed by atoms with Gasteiger partial charge in [-0.3, -0.25) is 0 Å². The van der Waals surface area contributed by atoms with Gasteiger partial charge in [0.1, 0.15) is 17.1 Å². The van der Waals surface area contributed by atoms with Crippen molar-refractivity contribution in [3.8, 4) is 16.9 Å². The van der Waals surface area contributed by atoms with Crippen LogP contribution in [0.4, 0.5) is 10.1 Å². The summed E-state index contributed by atoms with van der Waals surface area (Å²) >= 11 is 0. The molecule has 0 saturated carbocycles. The summed E-state index contributed by atoms with van der Waals surface area (Å²) in [6.45, 7) is 1.39. The van der Waals surface area contributed by atoms with Crippen LogP contribution in [0.1, 0.15) is 6.92 Å². The fourth-order valence-electron chi connectivity index (χ4n) is 2.47. The fraction of sp³-hybridized carbons (Fsp3) is 0.111. The molecule has 0 spiro atoms. The summed E-state index contributed by atoms with van der Waals surface area (Å²) < 4.78 is 23.7. The van der Waals surface area contributed by atoms with E-state index >= 15 is 0 Å². The number of anilines is 1. The number of nitrogens with two attached hydrogens (primary N) is 1. The number of hydrogen-bond acceptors (Lipinski definition) is 5. The van der Waals surface area contributed by atoms with Gasteiger partial charge >= 0.3 is 11.6 Å². The maximum atomic E-state index is 13.3. The minimum atomic E-state index is -1.12. The molecule has 3 rings (SSSR count). The molecule has 1 heterocycles. The van der Waals surface area contributed by atoms with Gasteiger partial charge in [-0.2, -0.15) is 0 Å². The lowest BCUT2D eigenvalue weighted by Crippen LogP contribution is -2.22. The van der Waals surface area contributed by atoms with Crippen LogP contribution in [0.25, 0.3) is 22.1 Å². The van der Waals surface area contributed by atoms with Crippen molar-refractivity contribution in [1.82, 2.24) is 0 Å². The number of benzene rings is 2. The Bertz CT molecular complexity index is 1030. The summed E-state index contributed by atoms with van der Waals surface area (Å²) in [4.78, 5) is 22.8. The van der Waals surface area contributed by atoms with Crippen molar-refractivity contribution in [2.75, 3.05) is 5.73 Å². The highest BCUT2D eigenvalue weighted by Crippen LogP contribution is 2.33. The number of hydrogen-bond donors (Lipinski definition) is 2. The van der Waals surface area contributed by atoms with Gasteiger partial charge in [0.05, 0.1) is 0 Å². The maximum Gasteiger partial charge on any atom is 0.344 e. The second-order valence-electron chi connectivity index (χ2n) is 5.47. The van der Waals surface area contributed by atoms with Crippen molar-refractivity contribution < 1.29 is 23.4 Å². The third-order valence-electron chi connectivity index (χ3n) is 3.68. The number of nitrogen functional groups attached to an aromatic ring is 1. The number of carbonyl (C=O) groups is 1. The monoisotopic (exact) mass is 343 g/mol. The zero-order chi connectivity index (χ0) is 18.1. The van der Waals surface area contributed by atoms with E-state index in [2.05, 4.69) is 0 Å². The van der Waals surface area contributed by atoms with Crippen molar-refractivity contribution >= 4 is 22.6 Å². The van der Waals surface area contributed by atoms with Crippen molar-refractivity contribution in [2.45, 2.75) is 13.0 Å². The molecule has 0 saturated heterocycles. The Morgan fingerprint density at radius 3 is 2.64 bits per heavy atom. The van der Waals surface area contributed by atoms with Gasteiger partial charge in [-0.25, -0.2) is 14.0 Å². The maximum absolute atomic E-state index is 13.3. The van der Waals surface area contributed by atoms with E-state index in [9.17, 15) is 14.0 Å². The smallest absolute Gasteiger partial charge is 0.344 e. The van der Waals surface area contributed by atoms with Crippen molar-refractivity contribution in [2.24, 2.45) is 0 Å². The third-order valence-corrected chi connectivity index (χ3v) is 3.68. The standard InChI is InChI=1S/C18H14FNO5/c1-9(18(22)23)24-11-3-5-13-14(8-17(21)25-16(13)7-11)12-4-2-10(19)6-15(12)20/h2-9H,20H2,1H3,(H,22,23)/t9-/m1/s1. The first kappa shape index (κ1) is 16.5. The molecule has 3 aromatic rings. The van der Waals surface area contributed by atoms with Crippen LogP contribution in [0.3, 0.4) is 0 Å². The van der Waals surface area contributed by atoms with Crippen LogP contribution < -0.4 is 16.1 Å². The van der Waals surface area contributed by atoms with Gasteiger partial charge in [0.25, 0.3) is 0 Å². The Labute approximate surface area is 141 Å². The molecule has 0 aliphatic rings. The molecule has 0 fully saturated rings. The average molecular weight is 343 g/mol. The molecular formula is C18H14FNO5. The highest BCUT2D eigenvalue weighted by Gasteiger charge is 2.15. The molecule has 1 aromatic heterocycles. The van der Waals surface area contributed by atoms with Gasteiger partial charge in [0.15, 0.2) is 6.10 Å². The molecule has 25 heavy (non-hydrogen) atoms. The van der Waals surface area contributed by atoms with Crippen molar-refractivity contribution in [1.29, 1.82) is 0 Å². The lowest BCUT2D eigenvalue weighted by atomic mass is 10.0. The Morgan fingerprint density at radius 2 is 1.96 bits per heavy atom. The molecular weight excluding hydrogens is 329 g/mol. The highest BCUT2D eigenvalue weighted by atomic mass is 19.1. The predicted molar refractivity (Wildman–Crippen MR) is 90.0 cm³/mol. The SMILES string of the molecule is C[C@@H](Oc1ccc2c(-c3ccc(F)cc3N)cc(=O)oc2c1)C(=O)O. The van der Waals surface area contributed by atoms with Crippen molar-refractivity contribution in [3.63, 3.8) is 0 Å². The third kappa shape index (κ3) is 3.30.